The van der Waals surface area contributed by atoms with Crippen LogP contribution < -0.4 is 5.32 Å². The molecular formula is C19H17N3O4. The van der Waals surface area contributed by atoms with Crippen LogP contribution in [0.4, 0.5) is 5.88 Å². The van der Waals surface area contributed by atoms with E-state index in [-0.39, 0.29) is 29.2 Å². The Balaban J connectivity index is 1.88. The van der Waals surface area contributed by atoms with Crippen molar-refractivity contribution in [2.75, 3.05) is 5.32 Å². The predicted molar refractivity (Wildman–Crippen MR) is 94.0 cm³/mol. The average molecular weight is 351 g/mol. The van der Waals surface area contributed by atoms with Gasteiger partial charge in [-0.15, -0.1) is 0 Å². The zero-order valence-electron chi connectivity index (χ0n) is 14.9. The third kappa shape index (κ3) is 2.97. The van der Waals surface area contributed by atoms with E-state index >= 15 is 0 Å². The zero-order chi connectivity index (χ0) is 19.0. The second-order valence-corrected chi connectivity index (χ2v) is 6.22. The van der Waals surface area contributed by atoms with Crippen molar-refractivity contribution < 1.29 is 18.5 Å². The van der Waals surface area contributed by atoms with Crippen LogP contribution in [0.25, 0.3) is 11.0 Å². The molecule has 0 radical (unpaired) electrons. The molecule has 0 fully saturated rings. The van der Waals surface area contributed by atoms with Crippen LogP contribution in [0, 0.1) is 32.1 Å². The number of furan rings is 1. The van der Waals surface area contributed by atoms with Gasteiger partial charge >= 0.3 is 0 Å². The van der Waals surface area contributed by atoms with Gasteiger partial charge in [-0.05, 0) is 44.9 Å². The summed E-state index contributed by atoms with van der Waals surface area (Å²) in [4.78, 5) is 24.1. The van der Waals surface area contributed by atoms with Crippen LogP contribution in [0.5, 0.6) is 0 Å². The molecule has 7 nitrogen and oxygen atoms in total. The van der Waals surface area contributed by atoms with E-state index in [0.29, 0.717) is 17.0 Å². The Hall–Kier alpha value is -3.40. The van der Waals surface area contributed by atoms with Crippen LogP contribution in [-0.4, -0.2) is 16.8 Å². The Labute approximate surface area is 149 Å². The summed E-state index contributed by atoms with van der Waals surface area (Å²) in [5.41, 5.74) is 3.33. The molecule has 2 heterocycles. The summed E-state index contributed by atoms with van der Waals surface area (Å²) in [7, 11) is 0. The number of carbonyl (C=O) groups excluding carboxylic acids is 2. The molecule has 0 spiro atoms. The lowest BCUT2D eigenvalue weighted by molar-refractivity contribution is -0.115. The van der Waals surface area contributed by atoms with E-state index in [1.165, 1.54) is 6.92 Å². The highest BCUT2D eigenvalue weighted by Crippen LogP contribution is 2.28. The number of nitrogens with one attached hydrogen (secondary N) is 1. The molecule has 0 saturated carbocycles. The van der Waals surface area contributed by atoms with Gasteiger partial charge in [0.1, 0.15) is 23.1 Å². The molecule has 0 atom stereocenters. The quantitative estimate of drug-likeness (QED) is 0.719. The van der Waals surface area contributed by atoms with E-state index in [1.54, 1.807) is 6.92 Å². The van der Waals surface area contributed by atoms with Gasteiger partial charge in [0.2, 0.25) is 11.8 Å². The van der Waals surface area contributed by atoms with Crippen molar-refractivity contribution in [3.05, 3.63) is 45.8 Å². The summed E-state index contributed by atoms with van der Waals surface area (Å²) >= 11 is 0. The number of nitriles is 1. The minimum atomic E-state index is -0.417. The van der Waals surface area contributed by atoms with Crippen LogP contribution in [0.3, 0.4) is 0 Å². The first kappa shape index (κ1) is 17.4. The fourth-order valence-corrected chi connectivity index (χ4v) is 3.05. The number of ketones is 1. The standard InChI is InChI=1S/C19H17N3O4/c1-9-5-10(2)18-13(6-9)15(22-26-18)7-16(24)21-19-14(8-20)17(11(3)23)12(4)25-19/h5-6H,7H2,1-4H3,(H,21,24). The van der Waals surface area contributed by atoms with Crippen LogP contribution in [-0.2, 0) is 11.2 Å². The van der Waals surface area contributed by atoms with Crippen LogP contribution in [0.2, 0.25) is 0 Å². The first-order valence-electron chi connectivity index (χ1n) is 8.01. The van der Waals surface area contributed by atoms with Gasteiger partial charge in [0.05, 0.1) is 12.0 Å². The maximum absolute atomic E-state index is 12.4. The Morgan fingerprint density at radius 3 is 2.65 bits per heavy atom. The van der Waals surface area contributed by atoms with Gasteiger partial charge in [0.15, 0.2) is 11.4 Å². The monoisotopic (exact) mass is 351 g/mol. The minimum Gasteiger partial charge on any atom is -0.443 e. The SMILES string of the molecule is CC(=O)c1c(C)oc(NC(=O)Cc2noc3c(C)cc(C)cc23)c1C#N. The largest absolute Gasteiger partial charge is 0.443 e. The van der Waals surface area contributed by atoms with Gasteiger partial charge in [-0.2, -0.15) is 5.26 Å². The van der Waals surface area contributed by atoms with E-state index in [1.807, 2.05) is 32.0 Å². The zero-order valence-corrected chi connectivity index (χ0v) is 14.9. The van der Waals surface area contributed by atoms with E-state index in [2.05, 4.69) is 10.5 Å². The summed E-state index contributed by atoms with van der Waals surface area (Å²) in [6.07, 6.45) is -0.0457. The molecule has 1 N–H and O–H groups in total. The third-order valence-corrected chi connectivity index (χ3v) is 4.11. The number of aromatic nitrogens is 1. The maximum Gasteiger partial charge on any atom is 0.232 e. The number of Topliss-reactive ketones (excluding diaryl/α,β-unsaturated/α-hetero) is 1. The molecule has 3 aromatic rings. The van der Waals surface area contributed by atoms with Gasteiger partial charge in [-0.3, -0.25) is 14.9 Å². The van der Waals surface area contributed by atoms with Gasteiger partial charge in [0, 0.05) is 5.39 Å². The van der Waals surface area contributed by atoms with Crippen molar-refractivity contribution in [2.24, 2.45) is 0 Å². The molecule has 0 aliphatic rings. The average Bonchev–Trinajstić information content (AvgIpc) is 3.08. The van der Waals surface area contributed by atoms with Crippen molar-refractivity contribution in [1.29, 1.82) is 5.26 Å². The predicted octanol–water partition coefficient (Wildman–Crippen LogP) is 3.60. The molecule has 0 bridgehead atoms. The lowest BCUT2D eigenvalue weighted by Gasteiger charge is -2.02. The summed E-state index contributed by atoms with van der Waals surface area (Å²) in [5.74, 6) is -0.445. The molecule has 2 aromatic heterocycles. The highest BCUT2D eigenvalue weighted by Gasteiger charge is 2.23. The molecule has 1 aromatic carbocycles. The second-order valence-electron chi connectivity index (χ2n) is 6.22. The molecule has 0 saturated heterocycles. The molecule has 0 aliphatic heterocycles. The Morgan fingerprint density at radius 1 is 1.27 bits per heavy atom. The van der Waals surface area contributed by atoms with E-state index in [9.17, 15) is 14.9 Å². The lowest BCUT2D eigenvalue weighted by atomic mass is 10.1. The molecular weight excluding hydrogens is 334 g/mol. The summed E-state index contributed by atoms with van der Waals surface area (Å²) in [5, 5.41) is 16.6. The van der Waals surface area contributed by atoms with Gasteiger partial charge < -0.3 is 8.94 Å². The van der Waals surface area contributed by atoms with Gasteiger partial charge in [-0.1, -0.05) is 11.2 Å². The summed E-state index contributed by atoms with van der Waals surface area (Å²) < 4.78 is 10.7. The third-order valence-electron chi connectivity index (χ3n) is 4.11. The first-order valence-corrected chi connectivity index (χ1v) is 8.01. The fourth-order valence-electron chi connectivity index (χ4n) is 3.05. The van der Waals surface area contributed by atoms with Crippen molar-refractivity contribution in [3.8, 4) is 6.07 Å². The highest BCUT2D eigenvalue weighted by molar-refractivity contribution is 6.01. The number of rotatable bonds is 4. The molecule has 7 heteroatoms. The van der Waals surface area contributed by atoms with Crippen molar-refractivity contribution in [1.82, 2.24) is 5.16 Å². The molecule has 3 rings (SSSR count). The van der Waals surface area contributed by atoms with Gasteiger partial charge in [-0.25, -0.2) is 0 Å². The number of nitrogens with zero attached hydrogens (tertiary/aromatic N) is 2. The number of fused-ring (bicyclic) bond motifs is 1. The molecule has 26 heavy (non-hydrogen) atoms. The van der Waals surface area contributed by atoms with Crippen molar-refractivity contribution >= 4 is 28.5 Å². The Kier molecular flexibility index (Phi) is 4.34. The van der Waals surface area contributed by atoms with Crippen LogP contribution in [0.1, 0.15) is 45.4 Å². The van der Waals surface area contributed by atoms with Crippen molar-refractivity contribution in [3.63, 3.8) is 0 Å². The number of anilines is 1. The fraction of sp³-hybridized carbons (Fsp3) is 0.263. The summed E-state index contributed by atoms with van der Waals surface area (Å²) in [6.45, 7) is 6.79. The van der Waals surface area contributed by atoms with Crippen LogP contribution in [0.15, 0.2) is 21.1 Å². The van der Waals surface area contributed by atoms with E-state index in [4.69, 9.17) is 8.94 Å². The topological polar surface area (TPSA) is 109 Å². The normalized spacial score (nSPS) is 10.7. The number of carbonyl (C=O) groups is 2. The molecule has 0 aliphatic carbocycles. The van der Waals surface area contributed by atoms with E-state index in [0.717, 1.165) is 16.5 Å². The van der Waals surface area contributed by atoms with Crippen molar-refractivity contribution in [2.45, 2.75) is 34.1 Å². The maximum atomic E-state index is 12.4. The first-order chi connectivity index (χ1) is 12.3. The molecule has 0 unspecified atom stereocenters. The highest BCUT2D eigenvalue weighted by atomic mass is 16.5. The number of benzene rings is 1. The molecule has 1 amide bonds. The Bertz CT molecular complexity index is 1080. The van der Waals surface area contributed by atoms with E-state index < -0.39 is 5.91 Å². The second kappa shape index (κ2) is 6.48. The summed E-state index contributed by atoms with van der Waals surface area (Å²) in [6, 6.07) is 5.80. The number of aryl methyl sites for hydroxylation is 3. The molecule has 132 valence electrons. The smallest absolute Gasteiger partial charge is 0.232 e. The lowest BCUT2D eigenvalue weighted by Crippen LogP contribution is -2.15. The number of hydrogen-bond donors (Lipinski definition) is 1. The number of amides is 1. The Morgan fingerprint density at radius 2 is 2.00 bits per heavy atom. The van der Waals surface area contributed by atoms with Crippen LogP contribution >= 0.6 is 0 Å². The number of hydrogen-bond acceptors (Lipinski definition) is 6. The minimum absolute atomic E-state index is 0.0274. The van der Waals surface area contributed by atoms with Gasteiger partial charge in [0.25, 0.3) is 0 Å².